The molecule has 0 aliphatic carbocycles. The zero-order chi connectivity index (χ0) is 16.4. The van der Waals surface area contributed by atoms with Gasteiger partial charge in [-0.25, -0.2) is 9.78 Å². The van der Waals surface area contributed by atoms with Crippen molar-refractivity contribution in [3.63, 3.8) is 0 Å². The van der Waals surface area contributed by atoms with Crippen LogP contribution < -0.4 is 4.90 Å². The van der Waals surface area contributed by atoms with E-state index in [1.165, 1.54) is 0 Å². The van der Waals surface area contributed by atoms with Crippen LogP contribution in [0, 0.1) is 11.8 Å². The second-order valence-electron chi connectivity index (χ2n) is 6.13. The van der Waals surface area contributed by atoms with E-state index in [0.717, 1.165) is 11.3 Å². The van der Waals surface area contributed by atoms with E-state index in [1.54, 1.807) is 28.4 Å². The third kappa shape index (κ3) is 3.02. The lowest BCUT2D eigenvalue weighted by atomic mass is 10.1. The first kappa shape index (κ1) is 15.0. The van der Waals surface area contributed by atoms with Gasteiger partial charge in [0.15, 0.2) is 0 Å². The molecule has 23 heavy (non-hydrogen) atoms. The summed E-state index contributed by atoms with van der Waals surface area (Å²) in [6.07, 6.45) is 5.12. The fraction of sp³-hybridized carbons (Fsp3) is 0.278. The number of hydrogen-bond donors (Lipinski definition) is 0. The van der Waals surface area contributed by atoms with Gasteiger partial charge < -0.3 is 4.90 Å². The van der Waals surface area contributed by atoms with Gasteiger partial charge in [0.2, 0.25) is 0 Å². The number of hydrogen-bond acceptors (Lipinski definition) is 3. The maximum atomic E-state index is 12.3. The smallest absolute Gasteiger partial charge is 0.320 e. The molecule has 2 aromatic heterocycles. The van der Waals surface area contributed by atoms with E-state index < -0.39 is 0 Å². The molecular formula is C18H18N4O. The highest BCUT2D eigenvalue weighted by molar-refractivity contribution is 5.94. The molecule has 1 aliphatic heterocycles. The minimum absolute atomic E-state index is 0.00834. The summed E-state index contributed by atoms with van der Waals surface area (Å²) in [5, 5.41) is 0. The van der Waals surface area contributed by atoms with E-state index in [4.69, 9.17) is 0 Å². The molecule has 1 aliphatic rings. The zero-order valence-electron chi connectivity index (χ0n) is 13.4. The fourth-order valence-corrected chi connectivity index (χ4v) is 2.39. The molecular weight excluding hydrogens is 288 g/mol. The average Bonchev–Trinajstić information content (AvgIpc) is 2.78. The standard InChI is InChI=1S/C18H18N4O/c1-18(2)13-22(17(23)21(18)3)16-9-8-15(20-12-16)7-6-14-5-4-10-19-11-14/h4-5,8-12H,13H2,1-3H3. The molecule has 0 spiro atoms. The largest absolute Gasteiger partial charge is 0.324 e. The number of likely N-dealkylation sites (N-methyl/N-ethyl adjacent to an activating group) is 1. The Morgan fingerprint density at radius 1 is 1.17 bits per heavy atom. The number of pyridine rings is 2. The molecule has 0 N–H and O–H groups in total. The van der Waals surface area contributed by atoms with Crippen LogP contribution in [0.25, 0.3) is 0 Å². The normalized spacial score (nSPS) is 16.2. The second-order valence-corrected chi connectivity index (χ2v) is 6.13. The first-order chi connectivity index (χ1) is 11.0. The van der Waals surface area contributed by atoms with Gasteiger partial charge in [-0.05, 0) is 44.0 Å². The van der Waals surface area contributed by atoms with Crippen LogP contribution in [0.5, 0.6) is 0 Å². The number of rotatable bonds is 1. The summed E-state index contributed by atoms with van der Waals surface area (Å²) in [4.78, 5) is 24.2. The molecule has 5 heteroatoms. The van der Waals surface area contributed by atoms with Crippen molar-refractivity contribution in [1.82, 2.24) is 14.9 Å². The van der Waals surface area contributed by atoms with Gasteiger partial charge >= 0.3 is 6.03 Å². The van der Waals surface area contributed by atoms with Crippen LogP contribution >= 0.6 is 0 Å². The Morgan fingerprint density at radius 2 is 2.00 bits per heavy atom. The third-order valence-electron chi connectivity index (χ3n) is 4.03. The summed E-state index contributed by atoms with van der Waals surface area (Å²) < 4.78 is 0. The molecule has 0 radical (unpaired) electrons. The average molecular weight is 306 g/mol. The van der Waals surface area contributed by atoms with E-state index in [0.29, 0.717) is 12.2 Å². The van der Waals surface area contributed by atoms with Crippen LogP contribution in [0.4, 0.5) is 10.5 Å². The van der Waals surface area contributed by atoms with Crippen LogP contribution in [0.15, 0.2) is 42.9 Å². The predicted octanol–water partition coefficient (Wildman–Crippen LogP) is 2.53. The number of anilines is 1. The molecule has 2 amide bonds. The van der Waals surface area contributed by atoms with Gasteiger partial charge in [-0.1, -0.05) is 5.92 Å². The molecule has 0 bridgehead atoms. The lowest BCUT2D eigenvalue weighted by Crippen LogP contribution is -2.38. The first-order valence-electron chi connectivity index (χ1n) is 7.41. The van der Waals surface area contributed by atoms with Gasteiger partial charge in [0.1, 0.15) is 5.69 Å². The van der Waals surface area contributed by atoms with E-state index in [9.17, 15) is 4.79 Å². The summed E-state index contributed by atoms with van der Waals surface area (Å²) in [6.45, 7) is 4.74. The van der Waals surface area contributed by atoms with Crippen molar-refractivity contribution >= 4 is 11.7 Å². The minimum Gasteiger partial charge on any atom is -0.320 e. The first-order valence-corrected chi connectivity index (χ1v) is 7.41. The Bertz CT molecular complexity index is 772. The summed E-state index contributed by atoms with van der Waals surface area (Å²) in [5.41, 5.74) is 2.11. The van der Waals surface area contributed by atoms with E-state index in [2.05, 4.69) is 21.8 Å². The Balaban J connectivity index is 1.79. The van der Waals surface area contributed by atoms with Crippen molar-refractivity contribution in [2.24, 2.45) is 0 Å². The van der Waals surface area contributed by atoms with Gasteiger partial charge in [-0.15, -0.1) is 0 Å². The maximum absolute atomic E-state index is 12.3. The topological polar surface area (TPSA) is 49.3 Å². The highest BCUT2D eigenvalue weighted by Crippen LogP contribution is 2.28. The summed E-state index contributed by atoms with van der Waals surface area (Å²) in [6, 6.07) is 7.45. The van der Waals surface area contributed by atoms with Crippen molar-refractivity contribution in [2.75, 3.05) is 18.5 Å². The maximum Gasteiger partial charge on any atom is 0.324 e. The van der Waals surface area contributed by atoms with Crippen LogP contribution in [-0.4, -0.2) is 40.0 Å². The number of nitrogens with zero attached hydrogens (tertiary/aromatic N) is 4. The van der Waals surface area contributed by atoms with E-state index >= 15 is 0 Å². The molecule has 0 saturated carbocycles. The van der Waals surface area contributed by atoms with Gasteiger partial charge in [0, 0.05) is 25.0 Å². The van der Waals surface area contributed by atoms with Crippen LogP contribution in [0.1, 0.15) is 25.1 Å². The number of amides is 2. The number of urea groups is 1. The van der Waals surface area contributed by atoms with E-state index in [-0.39, 0.29) is 11.6 Å². The summed E-state index contributed by atoms with van der Waals surface area (Å²) in [5.74, 6) is 6.02. The van der Waals surface area contributed by atoms with Crippen molar-refractivity contribution in [1.29, 1.82) is 0 Å². The SMILES string of the molecule is CN1C(=O)N(c2ccc(C#Cc3cccnc3)nc2)CC1(C)C. The monoisotopic (exact) mass is 306 g/mol. The lowest BCUT2D eigenvalue weighted by Gasteiger charge is -2.24. The Kier molecular flexibility index (Phi) is 3.75. The Labute approximate surface area is 136 Å². The summed E-state index contributed by atoms with van der Waals surface area (Å²) in [7, 11) is 1.82. The summed E-state index contributed by atoms with van der Waals surface area (Å²) >= 11 is 0. The number of carbonyl (C=O) groups is 1. The number of aromatic nitrogens is 2. The van der Waals surface area contributed by atoms with Gasteiger partial charge in [-0.2, -0.15) is 0 Å². The Morgan fingerprint density at radius 3 is 2.57 bits per heavy atom. The Hall–Kier alpha value is -2.87. The van der Waals surface area contributed by atoms with E-state index in [1.807, 2.05) is 45.2 Å². The van der Waals surface area contributed by atoms with Gasteiger partial charge in [0.05, 0.1) is 24.0 Å². The minimum atomic E-state index is -0.185. The van der Waals surface area contributed by atoms with Gasteiger partial charge in [-0.3, -0.25) is 9.88 Å². The third-order valence-corrected chi connectivity index (χ3v) is 4.03. The predicted molar refractivity (Wildman–Crippen MR) is 89.0 cm³/mol. The fourth-order valence-electron chi connectivity index (χ4n) is 2.39. The van der Waals surface area contributed by atoms with Crippen LogP contribution in [0.2, 0.25) is 0 Å². The van der Waals surface area contributed by atoms with Crippen molar-refractivity contribution in [2.45, 2.75) is 19.4 Å². The molecule has 116 valence electrons. The lowest BCUT2D eigenvalue weighted by molar-refractivity contribution is 0.198. The molecule has 3 heterocycles. The van der Waals surface area contributed by atoms with Crippen LogP contribution in [-0.2, 0) is 0 Å². The number of carbonyl (C=O) groups excluding carboxylic acids is 1. The molecule has 1 saturated heterocycles. The quantitative estimate of drug-likeness (QED) is 0.761. The molecule has 0 unspecified atom stereocenters. The van der Waals surface area contributed by atoms with Crippen molar-refractivity contribution in [3.8, 4) is 11.8 Å². The second kappa shape index (κ2) is 5.73. The highest BCUT2D eigenvalue weighted by Gasteiger charge is 2.41. The highest BCUT2D eigenvalue weighted by atomic mass is 16.2. The molecule has 0 atom stereocenters. The molecule has 2 aromatic rings. The van der Waals surface area contributed by atoms with Gasteiger partial charge in [0.25, 0.3) is 0 Å². The molecule has 1 fully saturated rings. The molecule has 3 rings (SSSR count). The molecule has 0 aromatic carbocycles. The molecule has 5 nitrogen and oxygen atoms in total. The van der Waals surface area contributed by atoms with Crippen LogP contribution in [0.3, 0.4) is 0 Å². The van der Waals surface area contributed by atoms with Crippen molar-refractivity contribution in [3.05, 3.63) is 54.1 Å². The van der Waals surface area contributed by atoms with Crippen molar-refractivity contribution < 1.29 is 4.79 Å². The zero-order valence-corrected chi connectivity index (χ0v) is 13.4.